The van der Waals surface area contributed by atoms with Gasteiger partial charge in [0, 0.05) is 18.9 Å². The number of para-hydroxylation sites is 1. The largest absolute Gasteiger partial charge is 0.315 e. The van der Waals surface area contributed by atoms with E-state index in [2.05, 4.69) is 47.2 Å². The Kier molecular flexibility index (Phi) is 6.13. The highest BCUT2D eigenvalue weighted by Gasteiger charge is 2.20. The first kappa shape index (κ1) is 20.8. The summed E-state index contributed by atoms with van der Waals surface area (Å²) >= 11 is 1.37. The minimum Gasteiger partial charge on any atom is -0.315 e. The lowest BCUT2D eigenvalue weighted by Crippen LogP contribution is -2.27. The molecule has 2 heterocycles. The molecule has 7 heteroatoms. The summed E-state index contributed by atoms with van der Waals surface area (Å²) < 4.78 is 1.98. The van der Waals surface area contributed by atoms with Crippen LogP contribution in [0.25, 0.3) is 17.2 Å². The molecule has 31 heavy (non-hydrogen) atoms. The number of hydrogen-bond donors (Lipinski definition) is 0. The van der Waals surface area contributed by atoms with Crippen molar-refractivity contribution in [3.63, 3.8) is 0 Å². The maximum Gasteiger partial charge on any atom is 0.237 e. The Morgan fingerprint density at radius 1 is 1.00 bits per heavy atom. The minimum atomic E-state index is -0.00855. The van der Waals surface area contributed by atoms with E-state index in [-0.39, 0.29) is 11.7 Å². The van der Waals surface area contributed by atoms with Crippen LogP contribution in [0, 0.1) is 13.8 Å². The molecule has 0 N–H and O–H groups in total. The molecule has 0 radical (unpaired) electrons. The van der Waals surface area contributed by atoms with Crippen LogP contribution in [0.2, 0.25) is 0 Å². The lowest BCUT2D eigenvalue weighted by Gasteiger charge is -2.17. The van der Waals surface area contributed by atoms with E-state index < -0.39 is 0 Å². The van der Waals surface area contributed by atoms with Crippen LogP contribution in [0.4, 0.5) is 5.69 Å². The summed E-state index contributed by atoms with van der Waals surface area (Å²) in [6.45, 7) is 4.13. The Morgan fingerprint density at radius 2 is 1.77 bits per heavy atom. The second-order valence-electron chi connectivity index (χ2n) is 7.22. The van der Waals surface area contributed by atoms with Gasteiger partial charge in [0.25, 0.3) is 0 Å². The summed E-state index contributed by atoms with van der Waals surface area (Å²) in [7, 11) is 1.78. The molecule has 0 saturated heterocycles. The first-order chi connectivity index (χ1) is 15.0. The summed E-state index contributed by atoms with van der Waals surface area (Å²) in [5.74, 6) is 0.890. The van der Waals surface area contributed by atoms with E-state index in [1.54, 1.807) is 18.1 Å². The molecule has 0 aliphatic rings. The highest BCUT2D eigenvalue weighted by atomic mass is 32.2. The van der Waals surface area contributed by atoms with Gasteiger partial charge in [-0.2, -0.15) is 0 Å². The van der Waals surface area contributed by atoms with Gasteiger partial charge in [0.2, 0.25) is 5.91 Å². The number of aryl methyl sites for hydroxylation is 2. The van der Waals surface area contributed by atoms with E-state index in [9.17, 15) is 4.79 Å². The predicted molar refractivity (Wildman–Crippen MR) is 125 cm³/mol. The molecule has 2 aromatic carbocycles. The molecule has 0 unspecified atom stereocenters. The zero-order chi connectivity index (χ0) is 21.8. The van der Waals surface area contributed by atoms with Crippen LogP contribution in [0.5, 0.6) is 0 Å². The third-order valence-corrected chi connectivity index (χ3v) is 5.88. The lowest BCUT2D eigenvalue weighted by molar-refractivity contribution is -0.115. The van der Waals surface area contributed by atoms with Gasteiger partial charge in [0.05, 0.1) is 11.4 Å². The predicted octanol–water partition coefficient (Wildman–Crippen LogP) is 4.70. The fourth-order valence-electron chi connectivity index (χ4n) is 3.32. The summed E-state index contributed by atoms with van der Waals surface area (Å²) in [5, 5.41) is 9.47. The van der Waals surface area contributed by atoms with Crippen LogP contribution >= 0.6 is 11.8 Å². The van der Waals surface area contributed by atoms with E-state index in [4.69, 9.17) is 0 Å². The van der Waals surface area contributed by atoms with Crippen molar-refractivity contribution >= 4 is 23.4 Å². The van der Waals surface area contributed by atoms with Crippen LogP contribution in [-0.2, 0) is 4.79 Å². The number of benzene rings is 2. The standard InChI is InChI=1S/C24H23N5OS/c1-17-12-13-21(18(2)15-17)29-23(20-11-7-8-14-25-20)26-27-24(29)31-16-22(30)28(3)19-9-5-4-6-10-19/h4-15H,16H2,1-3H3. The Bertz CT molecular complexity index is 1190. The average molecular weight is 430 g/mol. The van der Waals surface area contributed by atoms with Crippen LogP contribution < -0.4 is 4.90 Å². The van der Waals surface area contributed by atoms with E-state index >= 15 is 0 Å². The summed E-state index contributed by atoms with van der Waals surface area (Å²) in [5.41, 5.74) is 4.85. The minimum absolute atomic E-state index is 0.00855. The number of aromatic nitrogens is 4. The highest BCUT2D eigenvalue weighted by Crippen LogP contribution is 2.29. The first-order valence-corrected chi connectivity index (χ1v) is 10.9. The number of pyridine rings is 1. The number of thioether (sulfide) groups is 1. The summed E-state index contributed by atoms with van der Waals surface area (Å²) in [6, 6.07) is 21.6. The molecule has 4 rings (SSSR count). The molecule has 4 aromatic rings. The number of anilines is 1. The number of carbonyl (C=O) groups is 1. The third kappa shape index (κ3) is 4.51. The molecule has 1 amide bonds. The molecule has 0 saturated carbocycles. The Labute approximate surface area is 186 Å². The van der Waals surface area contributed by atoms with Gasteiger partial charge in [-0.25, -0.2) is 0 Å². The number of amides is 1. The summed E-state index contributed by atoms with van der Waals surface area (Å²) in [4.78, 5) is 18.9. The SMILES string of the molecule is Cc1ccc(-n2c(SCC(=O)N(C)c3ccccc3)nnc2-c2ccccn2)c(C)c1. The molecule has 0 aliphatic carbocycles. The average Bonchev–Trinajstić information content (AvgIpc) is 3.22. The number of carbonyl (C=O) groups excluding carboxylic acids is 1. The van der Waals surface area contributed by atoms with E-state index in [0.717, 1.165) is 22.6 Å². The van der Waals surface area contributed by atoms with Crippen molar-refractivity contribution in [2.45, 2.75) is 19.0 Å². The molecule has 156 valence electrons. The normalized spacial score (nSPS) is 10.8. The molecule has 0 fully saturated rings. The fraction of sp³-hybridized carbons (Fsp3) is 0.167. The number of rotatable bonds is 6. The number of nitrogens with zero attached hydrogens (tertiary/aromatic N) is 5. The third-order valence-electron chi connectivity index (χ3n) is 4.96. The zero-order valence-electron chi connectivity index (χ0n) is 17.7. The van der Waals surface area contributed by atoms with Gasteiger partial charge in [-0.15, -0.1) is 10.2 Å². The van der Waals surface area contributed by atoms with Gasteiger partial charge in [-0.3, -0.25) is 14.3 Å². The first-order valence-electron chi connectivity index (χ1n) is 9.93. The van der Waals surface area contributed by atoms with Crippen molar-refractivity contribution in [1.29, 1.82) is 0 Å². The molecule has 0 spiro atoms. The van der Waals surface area contributed by atoms with Gasteiger partial charge in [0.1, 0.15) is 5.69 Å². The quantitative estimate of drug-likeness (QED) is 0.416. The van der Waals surface area contributed by atoms with Crippen LogP contribution in [0.15, 0.2) is 78.1 Å². The second-order valence-corrected chi connectivity index (χ2v) is 8.17. The number of hydrogen-bond acceptors (Lipinski definition) is 5. The Balaban J connectivity index is 1.66. The molecule has 6 nitrogen and oxygen atoms in total. The zero-order valence-corrected chi connectivity index (χ0v) is 18.5. The Hall–Kier alpha value is -3.45. The van der Waals surface area contributed by atoms with Crippen molar-refractivity contribution in [2.75, 3.05) is 17.7 Å². The fourth-order valence-corrected chi connectivity index (χ4v) is 4.18. The van der Waals surface area contributed by atoms with Gasteiger partial charge in [0.15, 0.2) is 11.0 Å². The Morgan fingerprint density at radius 3 is 2.48 bits per heavy atom. The van der Waals surface area contributed by atoms with Crippen LogP contribution in [0.1, 0.15) is 11.1 Å². The van der Waals surface area contributed by atoms with Gasteiger partial charge < -0.3 is 4.90 Å². The van der Waals surface area contributed by atoms with E-state index in [0.29, 0.717) is 11.0 Å². The van der Waals surface area contributed by atoms with Crippen molar-refractivity contribution in [2.24, 2.45) is 0 Å². The van der Waals surface area contributed by atoms with Crippen molar-refractivity contribution < 1.29 is 4.79 Å². The van der Waals surface area contributed by atoms with Gasteiger partial charge in [-0.1, -0.05) is 53.7 Å². The van der Waals surface area contributed by atoms with E-state index in [1.165, 1.54) is 17.3 Å². The highest BCUT2D eigenvalue weighted by molar-refractivity contribution is 7.99. The molecule has 0 atom stereocenters. The topological polar surface area (TPSA) is 63.9 Å². The molecule has 0 aliphatic heterocycles. The van der Waals surface area contributed by atoms with Gasteiger partial charge in [-0.05, 0) is 49.7 Å². The van der Waals surface area contributed by atoms with Crippen molar-refractivity contribution in [3.05, 3.63) is 84.1 Å². The second kappa shape index (κ2) is 9.14. The van der Waals surface area contributed by atoms with Crippen molar-refractivity contribution in [3.8, 4) is 17.2 Å². The monoisotopic (exact) mass is 429 g/mol. The van der Waals surface area contributed by atoms with Gasteiger partial charge >= 0.3 is 0 Å². The van der Waals surface area contributed by atoms with E-state index in [1.807, 2.05) is 53.1 Å². The lowest BCUT2D eigenvalue weighted by atomic mass is 10.1. The molecule has 0 bridgehead atoms. The van der Waals surface area contributed by atoms with Crippen LogP contribution in [-0.4, -0.2) is 38.5 Å². The summed E-state index contributed by atoms with van der Waals surface area (Å²) in [6.07, 6.45) is 1.74. The van der Waals surface area contributed by atoms with Crippen molar-refractivity contribution in [1.82, 2.24) is 19.7 Å². The smallest absolute Gasteiger partial charge is 0.237 e. The maximum absolute atomic E-state index is 12.8. The molecule has 2 aromatic heterocycles. The van der Waals surface area contributed by atoms with Crippen LogP contribution in [0.3, 0.4) is 0 Å². The molecular formula is C24H23N5OS. The molecular weight excluding hydrogens is 406 g/mol. The maximum atomic E-state index is 12.8.